The van der Waals surface area contributed by atoms with Gasteiger partial charge in [-0.15, -0.1) is 0 Å². The van der Waals surface area contributed by atoms with Crippen molar-refractivity contribution < 1.29 is 34.0 Å². The molecule has 8 aromatic carbocycles. The third-order valence-corrected chi connectivity index (χ3v) is 8.72. The van der Waals surface area contributed by atoms with Gasteiger partial charge in [0.25, 0.3) is 0 Å². The molecule has 0 aromatic heterocycles. The fraction of sp³-hybridized carbons (Fsp3) is 0. The first kappa shape index (κ1) is 32.7. The molecule has 0 aliphatic heterocycles. The van der Waals surface area contributed by atoms with Crippen molar-refractivity contribution in [3.63, 3.8) is 0 Å². The van der Waals surface area contributed by atoms with E-state index < -0.39 is 0 Å². The first-order valence-corrected chi connectivity index (χ1v) is 14.4. The summed E-state index contributed by atoms with van der Waals surface area (Å²) >= 11 is 0. The minimum atomic E-state index is 0. The largest absolute Gasteiger partial charge is 2.00 e. The molecule has 8 rings (SSSR count). The van der Waals surface area contributed by atoms with E-state index in [2.05, 4.69) is 146 Å². The van der Waals surface area contributed by atoms with E-state index >= 15 is 0 Å². The molecule has 214 valence electrons. The Balaban J connectivity index is 0.00000133. The predicted octanol–water partition coefficient (Wildman–Crippen LogP) is 3.37. The summed E-state index contributed by atoms with van der Waals surface area (Å²) in [5, 5.41) is 14.0. The molecule has 0 unspecified atom stereocenters. The van der Waals surface area contributed by atoms with Gasteiger partial charge < -0.3 is 34.0 Å². The maximum absolute atomic E-state index is 4.80. The zero-order chi connectivity index (χ0) is 28.2. The van der Waals surface area contributed by atoms with Crippen molar-refractivity contribution in [3.05, 3.63) is 166 Å². The molecule has 0 N–H and O–H groups in total. The van der Waals surface area contributed by atoms with Crippen LogP contribution >= 0.6 is 0 Å². The van der Waals surface area contributed by atoms with Crippen LogP contribution in [-0.4, -0.2) is 23.9 Å². The van der Waals surface area contributed by atoms with Crippen LogP contribution in [0.25, 0.3) is 78.5 Å². The summed E-state index contributed by atoms with van der Waals surface area (Å²) in [5.74, 6) is 0. The van der Waals surface area contributed by atoms with Crippen molar-refractivity contribution in [2.75, 3.05) is 0 Å². The molecule has 0 saturated heterocycles. The van der Waals surface area contributed by atoms with E-state index in [0.29, 0.717) is 0 Å². The van der Waals surface area contributed by atoms with Gasteiger partial charge in [0.1, 0.15) is 0 Å². The summed E-state index contributed by atoms with van der Waals surface area (Å²) in [7, 11) is 0. The number of halogens is 2. The van der Waals surface area contributed by atoms with E-state index in [-0.39, 0.29) is 57.9 Å². The zero-order valence-corrected chi connectivity index (χ0v) is 30.6. The second-order valence-electron chi connectivity index (χ2n) is 11.1. The Kier molecular flexibility index (Phi) is 9.69. The summed E-state index contributed by atoms with van der Waals surface area (Å²) in [6, 6.07) is 52.3. The predicted molar refractivity (Wildman–Crippen MR) is 187 cm³/mol. The summed E-state index contributed by atoms with van der Waals surface area (Å²) in [6.45, 7) is 9.61. The van der Waals surface area contributed by atoms with Crippen LogP contribution in [0.3, 0.4) is 0 Å². The fourth-order valence-electron chi connectivity index (χ4n) is 6.75. The van der Waals surface area contributed by atoms with Crippen LogP contribution in [0.2, 0.25) is 0 Å². The Morgan fingerprint density at radius 1 is 0.311 bits per heavy atom. The minimum Gasteiger partial charge on any atom is -1.00 e. The third kappa shape index (κ3) is 5.43. The molecular formula is C42H28Br2Sn. The van der Waals surface area contributed by atoms with Crippen molar-refractivity contribution in [1.82, 2.24) is 0 Å². The zero-order valence-electron chi connectivity index (χ0n) is 24.5. The number of hydrogen-bond acceptors (Lipinski definition) is 0. The van der Waals surface area contributed by atoms with Crippen molar-refractivity contribution in [2.45, 2.75) is 0 Å². The van der Waals surface area contributed by atoms with E-state index in [1.165, 1.54) is 54.2 Å². The van der Waals surface area contributed by atoms with Crippen LogP contribution < -0.4 is 44.4 Å². The van der Waals surface area contributed by atoms with Crippen LogP contribution in [0.5, 0.6) is 0 Å². The molecule has 0 heterocycles. The van der Waals surface area contributed by atoms with E-state index in [0.717, 1.165) is 32.0 Å². The SMILES string of the molecule is C=c1c(-c2cccc3ccccc23)cc2ccccc2c1=c1c(=C)c(-c2cccc3ccccc23)cc2ccccc12.[Br-].[Br-].[Sn+2]. The average molecular weight is 811 g/mol. The van der Waals surface area contributed by atoms with Crippen LogP contribution in [0.1, 0.15) is 0 Å². The molecule has 0 aliphatic carbocycles. The summed E-state index contributed by atoms with van der Waals surface area (Å²) in [5.41, 5.74) is 4.70. The van der Waals surface area contributed by atoms with Gasteiger partial charge >= 0.3 is 23.9 Å². The Bertz CT molecular complexity index is 2380. The standard InChI is InChI=1S/C42H28.2BrH.Sn/c1-27-39(37-23-11-17-29-13-3-7-19-33(29)37)25-31-15-5-9-21-35(31)41(27)42-28(2)40(26-32-16-6-10-22-36(32)42)38-24-12-18-30-14-4-8-20-34(30)38;;;/h3-26H,1-2H2;2*1H;/q;;;+2/p-2. The molecule has 0 atom stereocenters. The molecular weight excluding hydrogens is 783 g/mol. The molecule has 45 heavy (non-hydrogen) atoms. The van der Waals surface area contributed by atoms with Crippen molar-refractivity contribution in [1.29, 1.82) is 0 Å². The molecule has 3 heteroatoms. The quantitative estimate of drug-likeness (QED) is 0.236. The van der Waals surface area contributed by atoms with E-state index in [9.17, 15) is 0 Å². The smallest absolute Gasteiger partial charge is 1.00 e. The summed E-state index contributed by atoms with van der Waals surface area (Å²) in [6.07, 6.45) is 0. The molecule has 0 fully saturated rings. The fourth-order valence-corrected chi connectivity index (χ4v) is 6.75. The monoisotopic (exact) mass is 810 g/mol. The van der Waals surface area contributed by atoms with Gasteiger partial charge in [0.2, 0.25) is 0 Å². The van der Waals surface area contributed by atoms with Gasteiger partial charge in [0.05, 0.1) is 0 Å². The van der Waals surface area contributed by atoms with Gasteiger partial charge in [-0.05, 0) is 98.4 Å². The molecule has 2 radical (unpaired) electrons. The van der Waals surface area contributed by atoms with Crippen LogP contribution in [0.15, 0.2) is 146 Å². The second kappa shape index (κ2) is 13.3. The topological polar surface area (TPSA) is 0 Å². The van der Waals surface area contributed by atoms with Gasteiger partial charge in [-0.1, -0.05) is 147 Å². The van der Waals surface area contributed by atoms with Gasteiger partial charge in [0, 0.05) is 0 Å². The first-order chi connectivity index (χ1) is 20.7. The first-order valence-electron chi connectivity index (χ1n) is 14.4. The van der Waals surface area contributed by atoms with Gasteiger partial charge in [-0.25, -0.2) is 0 Å². The van der Waals surface area contributed by atoms with Gasteiger partial charge in [-0.3, -0.25) is 0 Å². The molecule has 0 bridgehead atoms. The number of rotatable bonds is 2. The Morgan fingerprint density at radius 3 is 1.02 bits per heavy atom. The normalized spacial score (nSPS) is 11.6. The maximum Gasteiger partial charge on any atom is 2.00 e. The molecule has 0 amide bonds. The second-order valence-corrected chi connectivity index (χ2v) is 11.1. The molecule has 0 saturated carbocycles. The van der Waals surface area contributed by atoms with Gasteiger partial charge in [-0.2, -0.15) is 0 Å². The van der Waals surface area contributed by atoms with Crippen LogP contribution in [0, 0.1) is 10.4 Å². The van der Waals surface area contributed by atoms with E-state index in [1.54, 1.807) is 0 Å². The Hall–Kier alpha value is -3.70. The summed E-state index contributed by atoms with van der Waals surface area (Å²) in [4.78, 5) is 0. The van der Waals surface area contributed by atoms with E-state index in [1.807, 2.05) is 0 Å². The Morgan fingerprint density at radius 2 is 0.622 bits per heavy atom. The van der Waals surface area contributed by atoms with Crippen LogP contribution in [0.4, 0.5) is 0 Å². The number of hydrogen-bond donors (Lipinski definition) is 0. The summed E-state index contributed by atoms with van der Waals surface area (Å²) < 4.78 is 0. The number of fused-ring (bicyclic) bond motifs is 4. The third-order valence-electron chi connectivity index (χ3n) is 8.72. The van der Waals surface area contributed by atoms with Crippen molar-refractivity contribution in [2.24, 2.45) is 0 Å². The molecule has 0 nitrogen and oxygen atoms in total. The maximum atomic E-state index is 4.80. The average Bonchev–Trinajstić information content (AvgIpc) is 3.04. The molecule has 0 aliphatic rings. The van der Waals surface area contributed by atoms with Crippen LogP contribution in [-0.2, 0) is 0 Å². The Labute approximate surface area is 300 Å². The number of benzene rings is 8. The van der Waals surface area contributed by atoms with E-state index in [4.69, 9.17) is 13.2 Å². The molecule has 8 aromatic rings. The van der Waals surface area contributed by atoms with Crippen molar-refractivity contribution in [3.8, 4) is 22.3 Å². The van der Waals surface area contributed by atoms with Gasteiger partial charge in [0.15, 0.2) is 0 Å². The van der Waals surface area contributed by atoms with Crippen molar-refractivity contribution >= 4 is 80.2 Å². The molecule has 0 spiro atoms. The minimum absolute atomic E-state index is 0.